The average molecular weight is 857 g/mol. The number of methoxy groups -OCH3 is 2. The highest BCUT2D eigenvalue weighted by Gasteiger charge is 2.33. The number of esters is 2. The standard InChI is InChI=1S/C14H8BrF4NO4.C7H5BrClNO2.C7H4F4O2/c1-22-13(21)8-6-20-12(15)5-11(8)23-7-2-3-10(9(16)4-7)24-14(17,18)19;1-12-7(11)4-3-10-6(8)2-5(4)9;8-5-3-4(12)1-2-6(5)13-7(9,10)11/h2-6H,1H3;2-3H,1H3;1-3,12H. The van der Waals surface area contributed by atoms with Crippen LogP contribution in [0.5, 0.6) is 28.7 Å². The van der Waals surface area contributed by atoms with Crippen molar-refractivity contribution in [2.75, 3.05) is 14.2 Å². The highest BCUT2D eigenvalue weighted by molar-refractivity contribution is 9.10. The van der Waals surface area contributed by atoms with E-state index in [0.29, 0.717) is 32.4 Å². The summed E-state index contributed by atoms with van der Waals surface area (Å²) in [6.07, 6.45) is -7.42. The molecule has 0 saturated heterocycles. The molecule has 0 amide bonds. The summed E-state index contributed by atoms with van der Waals surface area (Å²) in [6.45, 7) is 0. The fraction of sp³-hybridized carbons (Fsp3) is 0.143. The molecule has 0 atom stereocenters. The Morgan fingerprint density at radius 3 is 1.65 bits per heavy atom. The summed E-state index contributed by atoms with van der Waals surface area (Å²) >= 11 is 11.9. The van der Waals surface area contributed by atoms with Crippen molar-refractivity contribution in [2.45, 2.75) is 12.7 Å². The molecule has 0 aliphatic carbocycles. The Labute approximate surface area is 291 Å². The summed E-state index contributed by atoms with van der Waals surface area (Å²) in [5.74, 6) is -6.38. The molecule has 0 bridgehead atoms. The molecule has 0 spiro atoms. The number of hydrogen-bond donors (Lipinski definition) is 1. The van der Waals surface area contributed by atoms with E-state index in [1.54, 1.807) is 0 Å². The summed E-state index contributed by atoms with van der Waals surface area (Å²) in [4.78, 5) is 30.3. The van der Waals surface area contributed by atoms with Crippen LogP contribution < -0.4 is 14.2 Å². The number of carbonyl (C=O) groups is 2. The van der Waals surface area contributed by atoms with Crippen molar-refractivity contribution < 1.29 is 73.5 Å². The van der Waals surface area contributed by atoms with Crippen LogP contribution >= 0.6 is 43.5 Å². The first-order valence-electron chi connectivity index (χ1n) is 12.3. The van der Waals surface area contributed by atoms with Crippen molar-refractivity contribution in [2.24, 2.45) is 0 Å². The Bertz CT molecular complexity index is 1780. The van der Waals surface area contributed by atoms with E-state index in [4.69, 9.17) is 21.4 Å². The predicted molar refractivity (Wildman–Crippen MR) is 159 cm³/mol. The topological polar surface area (TPSA) is 126 Å². The zero-order chi connectivity index (χ0) is 37.1. The Kier molecular flexibility index (Phi) is 14.8. The second kappa shape index (κ2) is 17.8. The molecule has 0 saturated carbocycles. The first kappa shape index (κ1) is 40.7. The molecule has 21 heteroatoms. The average Bonchev–Trinajstić information content (AvgIpc) is 2.99. The van der Waals surface area contributed by atoms with Gasteiger partial charge in [0.25, 0.3) is 0 Å². The number of alkyl halides is 6. The van der Waals surface area contributed by atoms with Gasteiger partial charge in [-0.15, -0.1) is 26.3 Å². The number of phenols is 1. The molecule has 4 aromatic rings. The van der Waals surface area contributed by atoms with Gasteiger partial charge < -0.3 is 28.8 Å². The quantitative estimate of drug-likeness (QED) is 0.114. The predicted octanol–water partition coefficient (Wildman–Crippen LogP) is 9.17. The molecular weight excluding hydrogens is 840 g/mol. The molecule has 2 aromatic carbocycles. The lowest BCUT2D eigenvalue weighted by atomic mass is 10.2. The number of carbonyl (C=O) groups excluding carboxylic acids is 2. The SMILES string of the molecule is COC(=O)c1cnc(Br)cc1Cl.COC(=O)c1cnc(Br)cc1Oc1ccc(OC(F)(F)F)c(F)c1.Oc1ccc(OC(F)(F)F)c(F)c1. The number of halogens is 11. The van der Waals surface area contributed by atoms with Crippen LogP contribution in [0.2, 0.25) is 5.02 Å². The highest BCUT2D eigenvalue weighted by Crippen LogP contribution is 2.33. The minimum atomic E-state index is -5.02. The van der Waals surface area contributed by atoms with Gasteiger partial charge in [0.15, 0.2) is 23.1 Å². The number of benzene rings is 2. The molecule has 0 unspecified atom stereocenters. The minimum Gasteiger partial charge on any atom is -0.508 e. The van der Waals surface area contributed by atoms with Crippen LogP contribution in [0.1, 0.15) is 20.7 Å². The zero-order valence-electron chi connectivity index (χ0n) is 24.1. The van der Waals surface area contributed by atoms with Crippen LogP contribution in [-0.2, 0) is 9.47 Å². The number of pyridine rings is 2. The first-order chi connectivity index (χ1) is 22.7. The fourth-order valence-corrected chi connectivity index (χ4v) is 4.01. The third-order valence-corrected chi connectivity index (χ3v) is 6.14. The molecule has 264 valence electrons. The van der Waals surface area contributed by atoms with Crippen molar-refractivity contribution >= 4 is 55.4 Å². The molecule has 2 heterocycles. The monoisotopic (exact) mass is 854 g/mol. The summed E-state index contributed by atoms with van der Waals surface area (Å²) in [7, 11) is 2.44. The number of nitrogens with zero attached hydrogens (tertiary/aromatic N) is 2. The minimum absolute atomic E-state index is 0.0207. The molecule has 49 heavy (non-hydrogen) atoms. The van der Waals surface area contributed by atoms with Crippen LogP contribution in [-0.4, -0.2) is 54.0 Å². The molecule has 10 nitrogen and oxygen atoms in total. The van der Waals surface area contributed by atoms with Crippen LogP contribution in [0, 0.1) is 11.6 Å². The van der Waals surface area contributed by atoms with Crippen LogP contribution in [0.3, 0.4) is 0 Å². The highest BCUT2D eigenvalue weighted by atomic mass is 79.9. The van der Waals surface area contributed by atoms with Crippen LogP contribution in [0.4, 0.5) is 35.1 Å². The van der Waals surface area contributed by atoms with E-state index in [-0.39, 0.29) is 22.6 Å². The van der Waals surface area contributed by atoms with Gasteiger partial charge in [0.2, 0.25) is 0 Å². The molecule has 0 fully saturated rings. The van der Waals surface area contributed by atoms with Gasteiger partial charge in [-0.1, -0.05) is 11.6 Å². The Morgan fingerprint density at radius 2 is 1.18 bits per heavy atom. The largest absolute Gasteiger partial charge is 0.573 e. The summed E-state index contributed by atoms with van der Waals surface area (Å²) in [6, 6.07) is 7.48. The second-order valence-corrected chi connectivity index (χ2v) is 10.4. The molecule has 2 aromatic heterocycles. The zero-order valence-corrected chi connectivity index (χ0v) is 28.1. The molecule has 1 N–H and O–H groups in total. The van der Waals surface area contributed by atoms with Gasteiger partial charge in [-0.25, -0.2) is 28.3 Å². The van der Waals surface area contributed by atoms with E-state index < -0.39 is 53.5 Å². The van der Waals surface area contributed by atoms with E-state index in [9.17, 15) is 44.7 Å². The van der Waals surface area contributed by atoms with Crippen molar-refractivity contribution in [3.05, 3.63) is 97.9 Å². The number of hydrogen-bond acceptors (Lipinski definition) is 10. The fourth-order valence-electron chi connectivity index (χ4n) is 3.01. The van der Waals surface area contributed by atoms with Gasteiger partial charge in [0.1, 0.15) is 32.0 Å². The maximum absolute atomic E-state index is 13.7. The molecule has 0 aliphatic rings. The van der Waals surface area contributed by atoms with Crippen LogP contribution in [0.15, 0.2) is 70.1 Å². The normalized spacial score (nSPS) is 10.8. The third-order valence-electron chi connectivity index (χ3n) is 4.96. The molecular formula is C28H17Br2ClF8N2O8. The van der Waals surface area contributed by atoms with Gasteiger partial charge in [0, 0.05) is 30.6 Å². The number of aromatic nitrogens is 2. The lowest BCUT2D eigenvalue weighted by Crippen LogP contribution is -2.17. The second-order valence-electron chi connectivity index (χ2n) is 8.38. The summed E-state index contributed by atoms with van der Waals surface area (Å²) < 4.78 is 119. The lowest BCUT2D eigenvalue weighted by molar-refractivity contribution is -0.276. The van der Waals surface area contributed by atoms with Crippen molar-refractivity contribution in [3.8, 4) is 28.7 Å². The van der Waals surface area contributed by atoms with Crippen LogP contribution in [0.25, 0.3) is 0 Å². The number of ether oxygens (including phenoxy) is 5. The van der Waals surface area contributed by atoms with Gasteiger partial charge in [-0.05, 0) is 62.2 Å². The molecule has 4 rings (SSSR count). The van der Waals surface area contributed by atoms with E-state index in [1.807, 2.05) is 0 Å². The van der Waals surface area contributed by atoms with E-state index in [1.165, 1.54) is 31.6 Å². The number of phenolic OH excluding ortho intramolecular Hbond substituents is 1. The molecule has 0 aliphatic heterocycles. The summed E-state index contributed by atoms with van der Waals surface area (Å²) in [5, 5.41) is 8.98. The van der Waals surface area contributed by atoms with E-state index in [0.717, 1.165) is 25.3 Å². The Morgan fingerprint density at radius 1 is 0.714 bits per heavy atom. The lowest BCUT2D eigenvalue weighted by Gasteiger charge is -2.12. The maximum Gasteiger partial charge on any atom is 0.573 e. The number of aromatic hydroxyl groups is 1. The van der Waals surface area contributed by atoms with Gasteiger partial charge in [-0.2, -0.15) is 0 Å². The van der Waals surface area contributed by atoms with Gasteiger partial charge in [0.05, 0.1) is 24.8 Å². The third kappa shape index (κ3) is 13.9. The van der Waals surface area contributed by atoms with Crippen molar-refractivity contribution in [3.63, 3.8) is 0 Å². The van der Waals surface area contributed by atoms with Gasteiger partial charge >= 0.3 is 24.7 Å². The first-order valence-corrected chi connectivity index (χ1v) is 14.3. The van der Waals surface area contributed by atoms with Crippen molar-refractivity contribution in [1.29, 1.82) is 0 Å². The van der Waals surface area contributed by atoms with Crippen molar-refractivity contribution in [1.82, 2.24) is 9.97 Å². The molecule has 0 radical (unpaired) electrons. The Balaban J connectivity index is 0.000000281. The van der Waals surface area contributed by atoms with E-state index in [2.05, 4.69) is 60.8 Å². The summed E-state index contributed by atoms with van der Waals surface area (Å²) in [5.41, 5.74) is 0.221. The Hall–Kier alpha value is -4.43. The smallest absolute Gasteiger partial charge is 0.508 e. The maximum atomic E-state index is 13.7. The van der Waals surface area contributed by atoms with E-state index >= 15 is 0 Å². The number of rotatable bonds is 6. The van der Waals surface area contributed by atoms with Gasteiger partial charge in [-0.3, -0.25) is 0 Å².